The number of rotatable bonds is 6. The second kappa shape index (κ2) is 8.16. The summed E-state index contributed by atoms with van der Waals surface area (Å²) < 4.78 is 10.7. The second-order valence-electron chi connectivity index (χ2n) is 6.90. The summed E-state index contributed by atoms with van der Waals surface area (Å²) in [6.07, 6.45) is 0. The molecule has 1 aromatic carbocycles. The summed E-state index contributed by atoms with van der Waals surface area (Å²) in [6.45, 7) is 3.76. The molecular formula is C22H20N2O5S2. The zero-order valence-corrected chi connectivity index (χ0v) is 19.0. The highest BCUT2D eigenvalue weighted by Gasteiger charge is 2.46. The van der Waals surface area contributed by atoms with Crippen molar-refractivity contribution in [1.82, 2.24) is 4.98 Å². The van der Waals surface area contributed by atoms with Gasteiger partial charge in [-0.15, -0.1) is 22.7 Å². The third kappa shape index (κ3) is 3.49. The van der Waals surface area contributed by atoms with Gasteiger partial charge in [-0.25, -0.2) is 4.98 Å². The lowest BCUT2D eigenvalue weighted by Gasteiger charge is -2.25. The maximum Gasteiger partial charge on any atom is 0.296 e. The molecule has 0 saturated heterocycles. The van der Waals surface area contributed by atoms with Crippen molar-refractivity contribution in [1.29, 1.82) is 0 Å². The van der Waals surface area contributed by atoms with E-state index in [0.717, 1.165) is 10.6 Å². The van der Waals surface area contributed by atoms with E-state index in [2.05, 4.69) is 4.98 Å². The molecule has 0 bridgehead atoms. The van der Waals surface area contributed by atoms with Gasteiger partial charge in [0.15, 0.2) is 22.4 Å². The van der Waals surface area contributed by atoms with Gasteiger partial charge in [0.05, 0.1) is 36.4 Å². The number of ether oxygens (including phenoxy) is 2. The highest BCUT2D eigenvalue weighted by atomic mass is 32.1. The molecule has 31 heavy (non-hydrogen) atoms. The summed E-state index contributed by atoms with van der Waals surface area (Å²) in [5.41, 5.74) is 1.40. The molecule has 1 amide bonds. The van der Waals surface area contributed by atoms with Crippen LogP contribution in [0.1, 0.15) is 31.8 Å². The lowest BCUT2D eigenvalue weighted by Crippen LogP contribution is -2.31. The summed E-state index contributed by atoms with van der Waals surface area (Å²) in [5, 5.41) is 13.0. The minimum absolute atomic E-state index is 0.0187. The number of hydrogen-bond donors (Lipinski definition) is 1. The van der Waals surface area contributed by atoms with Crippen LogP contribution in [0.15, 0.2) is 47.0 Å². The van der Waals surface area contributed by atoms with Gasteiger partial charge in [0.2, 0.25) is 5.78 Å². The average Bonchev–Trinajstić information content (AvgIpc) is 3.47. The first-order valence-electron chi connectivity index (χ1n) is 9.38. The predicted molar refractivity (Wildman–Crippen MR) is 120 cm³/mol. The molecule has 0 spiro atoms. The molecule has 1 N–H and O–H groups in total. The normalized spacial score (nSPS) is 16.2. The average molecular weight is 457 g/mol. The second-order valence-corrected chi connectivity index (χ2v) is 9.03. The third-order valence-electron chi connectivity index (χ3n) is 5.14. The predicted octanol–water partition coefficient (Wildman–Crippen LogP) is 4.62. The number of methoxy groups -OCH3 is 2. The van der Waals surface area contributed by atoms with Crippen LogP contribution in [0.4, 0.5) is 5.13 Å². The Morgan fingerprint density at radius 3 is 2.48 bits per heavy atom. The molecule has 160 valence electrons. The van der Waals surface area contributed by atoms with Gasteiger partial charge < -0.3 is 14.6 Å². The first kappa shape index (κ1) is 21.1. The summed E-state index contributed by atoms with van der Waals surface area (Å²) in [5.74, 6) is -0.652. The molecule has 2 aromatic heterocycles. The molecule has 0 fully saturated rings. The number of aromatic nitrogens is 1. The van der Waals surface area contributed by atoms with Gasteiger partial charge in [-0.3, -0.25) is 14.5 Å². The van der Waals surface area contributed by atoms with Gasteiger partial charge in [0.25, 0.3) is 5.91 Å². The Balaban J connectivity index is 1.91. The van der Waals surface area contributed by atoms with Crippen LogP contribution >= 0.6 is 22.7 Å². The molecule has 1 atom stereocenters. The largest absolute Gasteiger partial charge is 0.503 e. The Hall–Kier alpha value is -3.17. The number of aliphatic hydroxyl groups excluding tert-OH is 1. The number of benzene rings is 1. The van der Waals surface area contributed by atoms with E-state index in [0.29, 0.717) is 27.1 Å². The van der Waals surface area contributed by atoms with Gasteiger partial charge >= 0.3 is 0 Å². The van der Waals surface area contributed by atoms with Gasteiger partial charge in [0, 0.05) is 4.88 Å². The van der Waals surface area contributed by atoms with E-state index in [4.69, 9.17) is 9.47 Å². The van der Waals surface area contributed by atoms with E-state index in [-0.39, 0.29) is 5.57 Å². The Morgan fingerprint density at radius 1 is 1.16 bits per heavy atom. The standard InChI is InChI=1S/C22H20N2O5S2/c1-11-12(2)31-22(23-11)24-18(13-7-8-14(28-3)15(10-13)29-4)17(20(26)21(24)27)19(25)16-6-5-9-30-16/h5-10,18,26H,1-4H3. The van der Waals surface area contributed by atoms with Crippen molar-refractivity contribution in [2.75, 3.05) is 19.1 Å². The van der Waals surface area contributed by atoms with Crippen LogP contribution in [-0.4, -0.2) is 36.0 Å². The SMILES string of the molecule is COc1ccc(C2C(C(=O)c3cccs3)=C(O)C(=O)N2c2nc(C)c(C)s2)cc1OC. The van der Waals surface area contributed by atoms with Crippen molar-refractivity contribution in [2.24, 2.45) is 0 Å². The molecule has 3 aromatic rings. The van der Waals surface area contributed by atoms with E-state index < -0.39 is 23.5 Å². The van der Waals surface area contributed by atoms with Crippen LogP contribution in [0.2, 0.25) is 0 Å². The highest BCUT2D eigenvalue weighted by Crippen LogP contribution is 2.45. The van der Waals surface area contributed by atoms with Gasteiger partial charge in [-0.1, -0.05) is 12.1 Å². The number of thiophene rings is 1. The molecule has 0 radical (unpaired) electrons. The number of thiazole rings is 1. The number of amides is 1. The molecule has 1 aliphatic heterocycles. The number of carbonyl (C=O) groups is 2. The van der Waals surface area contributed by atoms with Crippen molar-refractivity contribution in [3.8, 4) is 11.5 Å². The van der Waals surface area contributed by atoms with Crippen LogP contribution in [-0.2, 0) is 4.79 Å². The quantitative estimate of drug-likeness (QED) is 0.545. The lowest BCUT2D eigenvalue weighted by molar-refractivity contribution is -0.117. The Bertz CT molecular complexity index is 1180. The molecular weight excluding hydrogens is 436 g/mol. The van der Waals surface area contributed by atoms with Gasteiger partial charge in [-0.05, 0) is 43.0 Å². The lowest BCUT2D eigenvalue weighted by atomic mass is 9.95. The van der Waals surface area contributed by atoms with Crippen LogP contribution in [0, 0.1) is 13.8 Å². The van der Waals surface area contributed by atoms with Crippen LogP contribution in [0.5, 0.6) is 11.5 Å². The fraction of sp³-hybridized carbons (Fsp3) is 0.227. The fourth-order valence-corrected chi connectivity index (χ4v) is 5.09. The van der Waals surface area contributed by atoms with Crippen molar-refractivity contribution < 1.29 is 24.2 Å². The summed E-state index contributed by atoms with van der Waals surface area (Å²) >= 11 is 2.59. The van der Waals surface area contributed by atoms with Crippen molar-refractivity contribution in [3.63, 3.8) is 0 Å². The van der Waals surface area contributed by atoms with E-state index in [1.165, 1.54) is 41.8 Å². The van der Waals surface area contributed by atoms with Crippen molar-refractivity contribution >= 4 is 39.5 Å². The number of anilines is 1. The Labute approximate surface area is 187 Å². The Kier molecular flexibility index (Phi) is 5.55. The molecule has 7 nitrogen and oxygen atoms in total. The molecule has 0 aliphatic carbocycles. The first-order chi connectivity index (χ1) is 14.9. The molecule has 4 rings (SSSR count). The summed E-state index contributed by atoms with van der Waals surface area (Å²) in [7, 11) is 3.04. The molecule has 3 heterocycles. The number of hydrogen-bond acceptors (Lipinski definition) is 8. The molecule has 1 unspecified atom stereocenters. The van der Waals surface area contributed by atoms with E-state index in [1.807, 2.05) is 13.8 Å². The maximum absolute atomic E-state index is 13.3. The zero-order valence-electron chi connectivity index (χ0n) is 17.3. The number of aryl methyl sites for hydroxylation is 2. The van der Waals surface area contributed by atoms with Crippen LogP contribution in [0.25, 0.3) is 0 Å². The number of nitrogens with zero attached hydrogens (tertiary/aromatic N) is 2. The van der Waals surface area contributed by atoms with E-state index in [1.54, 1.807) is 35.7 Å². The minimum Gasteiger partial charge on any atom is -0.503 e. The fourth-order valence-electron chi connectivity index (χ4n) is 3.47. The van der Waals surface area contributed by atoms with Crippen LogP contribution in [0.3, 0.4) is 0 Å². The first-order valence-corrected chi connectivity index (χ1v) is 11.1. The molecule has 0 saturated carbocycles. The smallest absolute Gasteiger partial charge is 0.296 e. The topological polar surface area (TPSA) is 89.0 Å². The monoisotopic (exact) mass is 456 g/mol. The summed E-state index contributed by atoms with van der Waals surface area (Å²) in [4.78, 5) is 33.7. The zero-order chi connectivity index (χ0) is 22.3. The van der Waals surface area contributed by atoms with E-state index >= 15 is 0 Å². The number of aliphatic hydroxyl groups is 1. The summed E-state index contributed by atoms with van der Waals surface area (Å²) in [6, 6.07) is 7.73. The molecule has 9 heteroatoms. The van der Waals surface area contributed by atoms with Gasteiger partial charge in [0.1, 0.15) is 0 Å². The highest BCUT2D eigenvalue weighted by molar-refractivity contribution is 7.16. The van der Waals surface area contributed by atoms with E-state index in [9.17, 15) is 14.7 Å². The minimum atomic E-state index is -0.855. The van der Waals surface area contributed by atoms with Crippen LogP contribution < -0.4 is 14.4 Å². The Morgan fingerprint density at radius 2 is 1.90 bits per heavy atom. The third-order valence-corrected chi connectivity index (χ3v) is 7.09. The maximum atomic E-state index is 13.3. The number of ketones is 1. The van der Waals surface area contributed by atoms with Crippen molar-refractivity contribution in [3.05, 3.63) is 68.1 Å². The number of carbonyl (C=O) groups excluding carboxylic acids is 2. The molecule has 1 aliphatic rings. The number of Topliss-reactive ketones (excluding diaryl/α,β-unsaturated/α-hetero) is 1. The van der Waals surface area contributed by atoms with Gasteiger partial charge in [-0.2, -0.15) is 0 Å². The van der Waals surface area contributed by atoms with Crippen molar-refractivity contribution in [2.45, 2.75) is 19.9 Å².